The van der Waals surface area contributed by atoms with Gasteiger partial charge < -0.3 is 14.4 Å². The molecule has 0 aliphatic rings. The first-order valence-corrected chi connectivity index (χ1v) is 12.4. The second-order valence-corrected chi connectivity index (χ2v) is 10.5. The third-order valence-electron chi connectivity index (χ3n) is 4.63. The first kappa shape index (κ1) is 25.2. The van der Waals surface area contributed by atoms with E-state index in [0.717, 1.165) is 29.0 Å². The third-order valence-corrected chi connectivity index (χ3v) is 6.35. The molecule has 0 aliphatic heterocycles. The summed E-state index contributed by atoms with van der Waals surface area (Å²) in [4.78, 5) is 31.0. The first-order valence-electron chi connectivity index (χ1n) is 10.6. The Morgan fingerprint density at radius 1 is 1.03 bits per heavy atom. The Labute approximate surface area is 193 Å². The molecule has 0 radical (unpaired) electrons. The maximum atomic E-state index is 13.0. The maximum absolute atomic E-state index is 13.0. The van der Waals surface area contributed by atoms with E-state index in [4.69, 9.17) is 9.47 Å². The van der Waals surface area contributed by atoms with Gasteiger partial charge in [0.05, 0.1) is 19.1 Å². The normalized spacial score (nSPS) is 12.3. The lowest BCUT2D eigenvalue weighted by Crippen LogP contribution is -2.44. The van der Waals surface area contributed by atoms with Crippen molar-refractivity contribution in [3.63, 3.8) is 0 Å². The van der Waals surface area contributed by atoms with Crippen molar-refractivity contribution in [2.45, 2.75) is 71.7 Å². The van der Waals surface area contributed by atoms with Gasteiger partial charge in [-0.25, -0.2) is 9.59 Å². The van der Waals surface area contributed by atoms with Crippen LogP contribution in [0.25, 0.3) is 0 Å². The van der Waals surface area contributed by atoms with Crippen LogP contribution in [-0.4, -0.2) is 47.3 Å². The molecule has 0 fully saturated rings. The van der Waals surface area contributed by atoms with Gasteiger partial charge in [0.15, 0.2) is 0 Å². The zero-order chi connectivity index (χ0) is 22.9. The number of carbonyl (C=O) groups is 2. The van der Waals surface area contributed by atoms with E-state index in [1.54, 1.807) is 39.5 Å². The van der Waals surface area contributed by atoms with Crippen molar-refractivity contribution >= 4 is 34.9 Å². The monoisotopic (exact) mass is 466 g/mol. The molecular weight excluding hydrogens is 432 g/mol. The number of rotatable bonds is 10. The predicted molar refractivity (Wildman–Crippen MR) is 127 cm³/mol. The van der Waals surface area contributed by atoms with E-state index < -0.39 is 11.7 Å². The summed E-state index contributed by atoms with van der Waals surface area (Å²) in [6, 6.07) is 7.75. The van der Waals surface area contributed by atoms with Crippen molar-refractivity contribution in [1.29, 1.82) is 0 Å². The molecule has 0 unspecified atom stereocenters. The zero-order valence-electron chi connectivity index (χ0n) is 19.1. The molecule has 2 rings (SSSR count). The van der Waals surface area contributed by atoms with Crippen LogP contribution in [0.3, 0.4) is 0 Å². The molecule has 2 aromatic rings. The van der Waals surface area contributed by atoms with Crippen molar-refractivity contribution in [2.24, 2.45) is 0 Å². The number of amides is 2. The standard InChI is InChI=1S/C23H34N2O4S2/c1-6-7-10-18(24(5)21(26)29-23(2,3)4)17-28-22(27)25(15-19-11-8-13-30-19)16-20-12-9-14-31-20/h8-9,11-14,18H,6-7,10,15-17H2,1-5H3/t18-/m0/s1. The molecule has 2 aromatic heterocycles. The number of unbranched alkanes of at least 4 members (excludes halogenated alkanes) is 1. The highest BCUT2D eigenvalue weighted by atomic mass is 32.1. The predicted octanol–water partition coefficient (Wildman–Crippen LogP) is 6.37. The zero-order valence-corrected chi connectivity index (χ0v) is 20.8. The molecule has 0 aromatic carbocycles. The van der Waals surface area contributed by atoms with E-state index in [0.29, 0.717) is 13.1 Å². The van der Waals surface area contributed by atoms with E-state index in [1.165, 1.54) is 0 Å². The molecule has 172 valence electrons. The minimum Gasteiger partial charge on any atom is -0.447 e. The highest BCUT2D eigenvalue weighted by Crippen LogP contribution is 2.19. The van der Waals surface area contributed by atoms with Crippen LogP contribution in [-0.2, 0) is 22.6 Å². The SMILES string of the molecule is CCCC[C@@H](COC(=O)N(Cc1cccs1)Cc1cccs1)N(C)C(=O)OC(C)(C)C. The summed E-state index contributed by atoms with van der Waals surface area (Å²) in [5.41, 5.74) is -0.574. The summed E-state index contributed by atoms with van der Waals surface area (Å²) < 4.78 is 11.2. The molecule has 0 bridgehead atoms. The van der Waals surface area contributed by atoms with Crippen LogP contribution in [0.2, 0.25) is 0 Å². The van der Waals surface area contributed by atoms with Gasteiger partial charge >= 0.3 is 12.2 Å². The van der Waals surface area contributed by atoms with Crippen LogP contribution < -0.4 is 0 Å². The van der Waals surface area contributed by atoms with Crippen molar-refractivity contribution in [2.75, 3.05) is 13.7 Å². The molecule has 2 amide bonds. The van der Waals surface area contributed by atoms with Crippen LogP contribution >= 0.6 is 22.7 Å². The van der Waals surface area contributed by atoms with Crippen molar-refractivity contribution in [3.8, 4) is 0 Å². The summed E-state index contributed by atoms with van der Waals surface area (Å²) >= 11 is 3.23. The topological polar surface area (TPSA) is 59.1 Å². The molecule has 0 saturated carbocycles. The van der Waals surface area contributed by atoms with Crippen molar-refractivity contribution < 1.29 is 19.1 Å². The highest BCUT2D eigenvalue weighted by Gasteiger charge is 2.27. The minimum absolute atomic E-state index is 0.139. The van der Waals surface area contributed by atoms with Gasteiger partial charge in [-0.3, -0.25) is 4.90 Å². The average Bonchev–Trinajstić information content (AvgIpc) is 3.39. The Balaban J connectivity index is 2.03. The lowest BCUT2D eigenvalue weighted by Gasteiger charge is -2.31. The van der Waals surface area contributed by atoms with Gasteiger partial charge in [-0.15, -0.1) is 22.7 Å². The fourth-order valence-corrected chi connectivity index (χ4v) is 4.38. The number of carbonyl (C=O) groups excluding carboxylic acids is 2. The number of hydrogen-bond acceptors (Lipinski definition) is 6. The fourth-order valence-electron chi connectivity index (χ4n) is 2.94. The molecule has 0 aliphatic carbocycles. The molecule has 8 heteroatoms. The van der Waals surface area contributed by atoms with E-state index in [-0.39, 0.29) is 18.7 Å². The third kappa shape index (κ3) is 8.91. The van der Waals surface area contributed by atoms with E-state index in [2.05, 4.69) is 6.92 Å². The molecular formula is C23H34N2O4S2. The summed E-state index contributed by atoms with van der Waals surface area (Å²) in [5, 5.41) is 4.00. The quantitative estimate of drug-likeness (QED) is 0.408. The summed E-state index contributed by atoms with van der Waals surface area (Å²) in [7, 11) is 1.71. The van der Waals surface area contributed by atoms with Gasteiger partial charge in [-0.05, 0) is 50.1 Å². The van der Waals surface area contributed by atoms with E-state index >= 15 is 0 Å². The number of nitrogens with zero attached hydrogens (tertiary/aromatic N) is 2. The molecule has 0 saturated heterocycles. The second kappa shape index (κ2) is 12.1. The summed E-state index contributed by atoms with van der Waals surface area (Å²) in [6.45, 7) is 8.75. The van der Waals surface area contributed by atoms with Crippen molar-refractivity contribution in [1.82, 2.24) is 9.80 Å². The lowest BCUT2D eigenvalue weighted by atomic mass is 10.1. The Morgan fingerprint density at radius 3 is 2.06 bits per heavy atom. The summed E-state index contributed by atoms with van der Waals surface area (Å²) in [5.74, 6) is 0. The molecule has 2 heterocycles. The van der Waals surface area contributed by atoms with Crippen molar-refractivity contribution in [3.05, 3.63) is 44.8 Å². The van der Waals surface area contributed by atoms with Crippen LogP contribution in [0.1, 0.15) is 56.7 Å². The van der Waals surface area contributed by atoms with Gasteiger partial charge in [0.2, 0.25) is 0 Å². The van der Waals surface area contributed by atoms with E-state index in [9.17, 15) is 9.59 Å². The van der Waals surface area contributed by atoms with Gasteiger partial charge in [0.1, 0.15) is 12.2 Å². The van der Waals surface area contributed by atoms with Crippen LogP contribution in [0, 0.1) is 0 Å². The van der Waals surface area contributed by atoms with E-state index in [1.807, 2.05) is 55.8 Å². The average molecular weight is 467 g/mol. The lowest BCUT2D eigenvalue weighted by molar-refractivity contribution is 0.0101. The second-order valence-electron chi connectivity index (χ2n) is 8.48. The van der Waals surface area contributed by atoms with Gasteiger partial charge in [0, 0.05) is 16.8 Å². The Hall–Kier alpha value is -2.06. The Morgan fingerprint density at radius 2 is 1.61 bits per heavy atom. The Kier molecular flexibility index (Phi) is 9.84. The van der Waals surface area contributed by atoms with Crippen LogP contribution in [0.15, 0.2) is 35.0 Å². The van der Waals surface area contributed by atoms with Gasteiger partial charge in [-0.1, -0.05) is 31.9 Å². The fraction of sp³-hybridized carbons (Fsp3) is 0.565. The van der Waals surface area contributed by atoms with Crippen LogP contribution in [0.5, 0.6) is 0 Å². The number of hydrogen-bond donors (Lipinski definition) is 0. The van der Waals surface area contributed by atoms with Gasteiger partial charge in [0.25, 0.3) is 0 Å². The maximum Gasteiger partial charge on any atom is 0.410 e. The smallest absolute Gasteiger partial charge is 0.410 e. The largest absolute Gasteiger partial charge is 0.447 e. The van der Waals surface area contributed by atoms with Crippen LogP contribution in [0.4, 0.5) is 9.59 Å². The molecule has 31 heavy (non-hydrogen) atoms. The summed E-state index contributed by atoms with van der Waals surface area (Å²) in [6.07, 6.45) is 1.90. The minimum atomic E-state index is -0.574. The Bertz CT molecular complexity index is 749. The molecule has 6 nitrogen and oxygen atoms in total. The van der Waals surface area contributed by atoms with Gasteiger partial charge in [-0.2, -0.15) is 0 Å². The molecule has 1 atom stereocenters. The molecule has 0 spiro atoms. The number of thiophene rings is 2. The first-order chi connectivity index (χ1) is 14.7. The number of likely N-dealkylation sites (N-methyl/N-ethyl adjacent to an activating group) is 1. The number of ether oxygens (including phenoxy) is 2. The highest BCUT2D eigenvalue weighted by molar-refractivity contribution is 7.10. The molecule has 0 N–H and O–H groups in total.